The molecule has 2 aromatic carbocycles. The van der Waals surface area contributed by atoms with Crippen molar-refractivity contribution in [1.82, 2.24) is 19.7 Å². The minimum absolute atomic E-state index is 0.503. The Morgan fingerprint density at radius 2 is 1.84 bits per heavy atom. The molecular weight excluding hydrogens is 436 g/mol. The van der Waals surface area contributed by atoms with Gasteiger partial charge in [0.1, 0.15) is 10.8 Å². The summed E-state index contributed by atoms with van der Waals surface area (Å²) in [5.74, 6) is 3.03. The second kappa shape index (κ2) is 10.3. The van der Waals surface area contributed by atoms with E-state index in [9.17, 15) is 0 Å². The first kappa shape index (κ1) is 22.6. The zero-order chi connectivity index (χ0) is 22.5. The molecule has 2 heterocycles. The lowest BCUT2D eigenvalue weighted by atomic mass is 10.1. The summed E-state index contributed by atoms with van der Waals surface area (Å²) < 4.78 is 7.95. The van der Waals surface area contributed by atoms with E-state index in [1.165, 1.54) is 11.1 Å². The minimum Gasteiger partial charge on any atom is -0.493 e. The molecule has 4 rings (SSSR count). The number of benzene rings is 2. The quantitative estimate of drug-likeness (QED) is 0.257. The number of hydrogen-bond donors (Lipinski definition) is 0. The van der Waals surface area contributed by atoms with Crippen LogP contribution in [0, 0.1) is 12.8 Å². The monoisotopic (exact) mass is 464 g/mol. The predicted molar refractivity (Wildman–Crippen MR) is 133 cm³/mol. The van der Waals surface area contributed by atoms with Crippen molar-refractivity contribution >= 4 is 23.1 Å². The summed E-state index contributed by atoms with van der Waals surface area (Å²) in [6, 6.07) is 16.5. The van der Waals surface area contributed by atoms with Gasteiger partial charge in [-0.25, -0.2) is 4.98 Å². The standard InChI is InChI=1S/C25H28N4OS2/c1-5-29-23(19-10-12-21(13-11-19)30-14-17(2)3)27-28-25(29)32-16-20-15-31-24(26-20)22-9-7-6-8-18(22)4/h6-13,15,17H,5,14,16H2,1-4H3. The first-order valence-electron chi connectivity index (χ1n) is 10.8. The Labute approximate surface area is 197 Å². The van der Waals surface area contributed by atoms with Gasteiger partial charge < -0.3 is 9.30 Å². The molecule has 7 heteroatoms. The largest absolute Gasteiger partial charge is 0.493 e. The van der Waals surface area contributed by atoms with Gasteiger partial charge in [-0.3, -0.25) is 0 Å². The molecule has 0 saturated heterocycles. The van der Waals surface area contributed by atoms with E-state index in [2.05, 4.69) is 84.2 Å². The van der Waals surface area contributed by atoms with Crippen LogP contribution in [0.5, 0.6) is 5.75 Å². The Bertz CT molecular complexity index is 1160. The zero-order valence-electron chi connectivity index (χ0n) is 18.9. The third-order valence-corrected chi connectivity index (χ3v) is 6.93. The molecule has 0 radical (unpaired) electrons. The van der Waals surface area contributed by atoms with Gasteiger partial charge in [-0.15, -0.1) is 21.5 Å². The molecule has 0 N–H and O–H groups in total. The lowest BCUT2D eigenvalue weighted by Crippen LogP contribution is -2.04. The van der Waals surface area contributed by atoms with Crippen molar-refractivity contribution in [3.8, 4) is 27.7 Å². The minimum atomic E-state index is 0.503. The molecule has 0 amide bonds. The first-order chi connectivity index (χ1) is 15.5. The summed E-state index contributed by atoms with van der Waals surface area (Å²) in [5.41, 5.74) is 4.56. The fourth-order valence-electron chi connectivity index (χ4n) is 3.31. The van der Waals surface area contributed by atoms with Gasteiger partial charge in [0.2, 0.25) is 0 Å². The first-order valence-corrected chi connectivity index (χ1v) is 12.7. The van der Waals surface area contributed by atoms with Crippen LogP contribution in [0.25, 0.3) is 22.0 Å². The molecule has 32 heavy (non-hydrogen) atoms. The second-order valence-corrected chi connectivity index (χ2v) is 9.83. The van der Waals surface area contributed by atoms with Gasteiger partial charge in [0.05, 0.1) is 12.3 Å². The maximum Gasteiger partial charge on any atom is 0.191 e. The van der Waals surface area contributed by atoms with Gasteiger partial charge in [-0.05, 0) is 49.6 Å². The van der Waals surface area contributed by atoms with E-state index in [0.29, 0.717) is 12.5 Å². The third-order valence-electron chi connectivity index (χ3n) is 5.01. The summed E-state index contributed by atoms with van der Waals surface area (Å²) in [4.78, 5) is 4.84. The van der Waals surface area contributed by atoms with Crippen LogP contribution in [0.4, 0.5) is 0 Å². The van der Waals surface area contributed by atoms with Crippen LogP contribution in [-0.2, 0) is 12.3 Å². The average Bonchev–Trinajstić information content (AvgIpc) is 3.43. The molecule has 5 nitrogen and oxygen atoms in total. The maximum atomic E-state index is 5.80. The molecule has 0 saturated carbocycles. The molecule has 0 atom stereocenters. The van der Waals surface area contributed by atoms with Crippen LogP contribution in [-0.4, -0.2) is 26.4 Å². The Balaban J connectivity index is 1.45. The lowest BCUT2D eigenvalue weighted by Gasteiger charge is -2.10. The van der Waals surface area contributed by atoms with Gasteiger partial charge in [-0.2, -0.15) is 0 Å². The van der Waals surface area contributed by atoms with E-state index >= 15 is 0 Å². The van der Waals surface area contributed by atoms with Crippen LogP contribution < -0.4 is 4.74 Å². The SMILES string of the molecule is CCn1c(SCc2csc(-c3ccccc3C)n2)nnc1-c1ccc(OCC(C)C)cc1. The van der Waals surface area contributed by atoms with Crippen molar-refractivity contribution in [3.05, 3.63) is 65.2 Å². The van der Waals surface area contributed by atoms with Crippen molar-refractivity contribution in [2.45, 2.75) is 45.1 Å². The number of aromatic nitrogens is 4. The van der Waals surface area contributed by atoms with Crippen molar-refractivity contribution in [3.63, 3.8) is 0 Å². The number of ether oxygens (including phenoxy) is 1. The highest BCUT2D eigenvalue weighted by atomic mass is 32.2. The van der Waals surface area contributed by atoms with Gasteiger partial charge in [0, 0.05) is 28.8 Å². The second-order valence-electron chi connectivity index (χ2n) is 8.03. The smallest absolute Gasteiger partial charge is 0.191 e. The topological polar surface area (TPSA) is 52.8 Å². The molecule has 0 aliphatic rings. The van der Waals surface area contributed by atoms with Crippen LogP contribution in [0.1, 0.15) is 32.0 Å². The molecule has 2 aromatic heterocycles. The highest BCUT2D eigenvalue weighted by Crippen LogP contribution is 2.31. The molecule has 166 valence electrons. The predicted octanol–water partition coefficient (Wildman–Crippen LogP) is 6.72. The highest BCUT2D eigenvalue weighted by Gasteiger charge is 2.15. The van der Waals surface area contributed by atoms with Crippen molar-refractivity contribution in [2.75, 3.05) is 6.61 Å². The van der Waals surface area contributed by atoms with E-state index in [0.717, 1.165) is 45.3 Å². The summed E-state index contributed by atoms with van der Waals surface area (Å²) in [7, 11) is 0. The maximum absolute atomic E-state index is 5.80. The Morgan fingerprint density at radius 3 is 2.56 bits per heavy atom. The number of hydrogen-bond acceptors (Lipinski definition) is 6. The summed E-state index contributed by atoms with van der Waals surface area (Å²) in [6.07, 6.45) is 0. The molecule has 0 aliphatic carbocycles. The van der Waals surface area contributed by atoms with E-state index in [1.807, 2.05) is 12.1 Å². The summed E-state index contributed by atoms with van der Waals surface area (Å²) in [5, 5.41) is 13.0. The number of aryl methyl sites for hydroxylation is 1. The zero-order valence-corrected chi connectivity index (χ0v) is 20.5. The highest BCUT2D eigenvalue weighted by molar-refractivity contribution is 7.98. The van der Waals surface area contributed by atoms with Gasteiger partial charge in [0.15, 0.2) is 11.0 Å². The Morgan fingerprint density at radius 1 is 1.06 bits per heavy atom. The van der Waals surface area contributed by atoms with Crippen LogP contribution in [0.2, 0.25) is 0 Å². The average molecular weight is 465 g/mol. The van der Waals surface area contributed by atoms with E-state index < -0.39 is 0 Å². The summed E-state index contributed by atoms with van der Waals surface area (Å²) in [6.45, 7) is 10.1. The van der Waals surface area contributed by atoms with E-state index in [4.69, 9.17) is 9.72 Å². The molecule has 0 fully saturated rings. The van der Waals surface area contributed by atoms with Crippen molar-refractivity contribution in [1.29, 1.82) is 0 Å². The molecule has 0 aliphatic heterocycles. The van der Waals surface area contributed by atoms with Crippen molar-refractivity contribution in [2.24, 2.45) is 5.92 Å². The molecule has 0 unspecified atom stereocenters. The normalized spacial score (nSPS) is 11.3. The molecule has 0 spiro atoms. The number of nitrogens with zero attached hydrogens (tertiary/aromatic N) is 4. The van der Waals surface area contributed by atoms with Crippen LogP contribution >= 0.6 is 23.1 Å². The Hall–Kier alpha value is -2.64. The van der Waals surface area contributed by atoms with Gasteiger partial charge in [0.25, 0.3) is 0 Å². The molecule has 4 aromatic rings. The summed E-state index contributed by atoms with van der Waals surface area (Å²) >= 11 is 3.37. The molecular formula is C25H28N4OS2. The van der Waals surface area contributed by atoms with E-state index in [-0.39, 0.29) is 0 Å². The number of thioether (sulfide) groups is 1. The number of thiazole rings is 1. The fourth-order valence-corrected chi connectivity index (χ4v) is 5.22. The van der Waals surface area contributed by atoms with Gasteiger partial charge >= 0.3 is 0 Å². The fraction of sp³-hybridized carbons (Fsp3) is 0.320. The van der Waals surface area contributed by atoms with Crippen LogP contribution in [0.3, 0.4) is 0 Å². The third kappa shape index (κ3) is 5.22. The van der Waals surface area contributed by atoms with Gasteiger partial charge in [-0.1, -0.05) is 49.9 Å². The Kier molecular flexibility index (Phi) is 7.27. The van der Waals surface area contributed by atoms with Crippen LogP contribution in [0.15, 0.2) is 59.1 Å². The van der Waals surface area contributed by atoms with E-state index in [1.54, 1.807) is 23.1 Å². The molecule has 0 bridgehead atoms. The number of rotatable bonds is 9. The van der Waals surface area contributed by atoms with Crippen molar-refractivity contribution < 1.29 is 4.74 Å². The lowest BCUT2D eigenvalue weighted by molar-refractivity contribution is 0.271.